The first-order valence-corrected chi connectivity index (χ1v) is 26.2. The van der Waals surface area contributed by atoms with Gasteiger partial charge in [0.05, 0.1) is 0 Å². The predicted octanol–water partition coefficient (Wildman–Crippen LogP) is 17.4. The van der Waals surface area contributed by atoms with Gasteiger partial charge in [-0.1, -0.05) is 272 Å². The van der Waals surface area contributed by atoms with Crippen molar-refractivity contribution in [2.75, 3.05) is 0 Å². The van der Waals surface area contributed by atoms with Gasteiger partial charge in [-0.3, -0.25) is 9.11 Å². The monoisotopic (exact) mass is 777 g/mol. The van der Waals surface area contributed by atoms with Crippen molar-refractivity contribution < 1.29 is 17.5 Å². The summed E-state index contributed by atoms with van der Waals surface area (Å²) in [6.45, 7) is 9.71. The summed E-state index contributed by atoms with van der Waals surface area (Å²) >= 11 is 0. The first-order valence-electron chi connectivity index (χ1n) is 23.7. The summed E-state index contributed by atoms with van der Waals surface area (Å²) in [4.78, 5) is 0. The van der Waals surface area contributed by atoms with E-state index in [0.717, 1.165) is 11.3 Å². The van der Waals surface area contributed by atoms with Crippen molar-refractivity contribution in [3.05, 3.63) is 0 Å². The van der Waals surface area contributed by atoms with Crippen molar-refractivity contribution in [3.63, 3.8) is 0 Å². The molecule has 52 heavy (non-hydrogen) atoms. The molecule has 0 saturated carbocycles. The summed E-state index contributed by atoms with van der Waals surface area (Å²) in [5.74, 6) is 0. The van der Waals surface area contributed by atoms with Crippen LogP contribution in [-0.2, 0) is 10.4 Å². The molecule has 0 heterocycles. The molecule has 0 bridgehead atoms. The smallest absolute Gasteiger partial charge is 0.264 e. The van der Waals surface area contributed by atoms with Crippen LogP contribution in [0.1, 0.15) is 285 Å². The Hall–Kier alpha value is 0.300. The Morgan fingerprint density at radius 3 is 0.615 bits per heavy atom. The van der Waals surface area contributed by atoms with Crippen LogP contribution in [0.5, 0.6) is 0 Å². The van der Waals surface area contributed by atoms with E-state index in [9.17, 15) is 0 Å². The number of hydrogen-bond donors (Lipinski definition) is 2. The summed E-state index contributed by atoms with van der Waals surface area (Å²) in [6.07, 6.45) is 59.2. The van der Waals surface area contributed by atoms with Crippen LogP contribution in [0.3, 0.4) is 0 Å². The molecule has 0 fully saturated rings. The van der Waals surface area contributed by atoms with Crippen molar-refractivity contribution in [3.8, 4) is 0 Å². The van der Waals surface area contributed by atoms with E-state index in [0.29, 0.717) is 0 Å². The Balaban J connectivity index is 0. The maximum absolute atomic E-state index is 8.74. The van der Waals surface area contributed by atoms with Crippen molar-refractivity contribution in [1.29, 1.82) is 0 Å². The van der Waals surface area contributed by atoms with Crippen molar-refractivity contribution in [1.82, 2.24) is 0 Å². The minimum Gasteiger partial charge on any atom is -0.264 e. The molecule has 0 aromatic heterocycles. The molecule has 0 saturated heterocycles. The molecule has 0 aliphatic carbocycles. The number of rotatable bonds is 42. The van der Waals surface area contributed by atoms with Gasteiger partial charge in [0.1, 0.15) is 0 Å². The summed E-state index contributed by atoms with van der Waals surface area (Å²) in [5, 5.41) is 0. The zero-order valence-electron chi connectivity index (χ0n) is 36.1. The van der Waals surface area contributed by atoms with E-state index in [1.54, 1.807) is 0 Å². The van der Waals surface area contributed by atoms with Crippen LogP contribution in [0.4, 0.5) is 0 Å². The summed E-state index contributed by atoms with van der Waals surface area (Å²) in [5.41, 5.74) is 1.94. The molecule has 2 atom stereocenters. The highest BCUT2D eigenvalue weighted by molar-refractivity contribution is 7.79. The average molecular weight is 777 g/mol. The first-order chi connectivity index (χ1) is 25.2. The lowest BCUT2D eigenvalue weighted by molar-refractivity contribution is 0.381. The van der Waals surface area contributed by atoms with Gasteiger partial charge in [0.25, 0.3) is 0 Å². The van der Waals surface area contributed by atoms with E-state index in [1.165, 1.54) is 265 Å². The first kappa shape index (κ1) is 54.4. The standard InChI is InChI=1S/C46H95P.H2O4S/c1-5-7-9-11-13-15-17-19-21-23-25-27-29-31-33-35-37-39-41-43-45(3)47-46(4)44-42-40-38-36-34-32-30-28-26-24-22-20-18-16-14-12-10-8-6-2;1-5(2,3)4/h45-47H,5-44H2,1-4H3;(H2,1,2,3,4). The van der Waals surface area contributed by atoms with E-state index in [2.05, 4.69) is 27.7 Å². The Bertz CT molecular complexity index is 693. The molecule has 0 rings (SSSR count). The molecule has 0 amide bonds. The largest absolute Gasteiger partial charge is 0.394 e. The zero-order chi connectivity index (χ0) is 38.6. The highest BCUT2D eigenvalue weighted by Gasteiger charge is 2.08. The fourth-order valence-electron chi connectivity index (χ4n) is 7.71. The van der Waals surface area contributed by atoms with Crippen LogP contribution in [0.25, 0.3) is 0 Å². The molecule has 0 spiro atoms. The third-order valence-electron chi connectivity index (χ3n) is 11.1. The van der Waals surface area contributed by atoms with E-state index in [-0.39, 0.29) is 0 Å². The van der Waals surface area contributed by atoms with Crippen molar-refractivity contribution in [2.24, 2.45) is 0 Å². The molecule has 6 heteroatoms. The predicted molar refractivity (Wildman–Crippen MR) is 237 cm³/mol. The molecule has 0 aliphatic heterocycles. The normalized spacial score (nSPS) is 13.1. The molecule has 0 aromatic carbocycles. The van der Waals surface area contributed by atoms with E-state index >= 15 is 0 Å². The van der Waals surface area contributed by atoms with Crippen LogP contribution in [0.15, 0.2) is 0 Å². The van der Waals surface area contributed by atoms with Crippen molar-refractivity contribution >= 4 is 19.0 Å². The second-order valence-corrected chi connectivity index (χ2v) is 19.9. The van der Waals surface area contributed by atoms with E-state index in [1.807, 2.05) is 0 Å². The van der Waals surface area contributed by atoms with Crippen LogP contribution >= 0.6 is 8.58 Å². The van der Waals surface area contributed by atoms with Crippen LogP contribution < -0.4 is 0 Å². The lowest BCUT2D eigenvalue weighted by Gasteiger charge is -2.17. The molecular formula is C46H97O4PS. The van der Waals surface area contributed by atoms with E-state index in [4.69, 9.17) is 17.5 Å². The zero-order valence-corrected chi connectivity index (χ0v) is 37.9. The molecule has 4 nitrogen and oxygen atoms in total. The minimum absolute atomic E-state index is 0.969. The third-order valence-corrected chi connectivity index (χ3v) is 12.8. The SMILES string of the molecule is CCCCCCCCCCCCCCCCCCCCCC(C)PC(C)CCCCCCCCCCCCCCCCCCCCC.O=S(=O)(O)O. The maximum Gasteiger partial charge on any atom is 0.394 e. The third kappa shape index (κ3) is 57.0. The van der Waals surface area contributed by atoms with Crippen molar-refractivity contribution in [2.45, 2.75) is 296 Å². The average Bonchev–Trinajstić information content (AvgIpc) is 3.09. The fraction of sp³-hybridized carbons (Fsp3) is 1.00. The van der Waals surface area contributed by atoms with E-state index < -0.39 is 10.4 Å². The molecule has 2 N–H and O–H groups in total. The molecule has 316 valence electrons. The molecule has 0 aromatic rings. The number of hydrogen-bond acceptors (Lipinski definition) is 2. The van der Waals surface area contributed by atoms with Crippen LogP contribution in [0.2, 0.25) is 0 Å². The quantitative estimate of drug-likeness (QED) is 0.0368. The molecule has 2 unspecified atom stereocenters. The summed E-state index contributed by atoms with van der Waals surface area (Å²) < 4.78 is 31.6. The van der Waals surface area contributed by atoms with Gasteiger partial charge in [-0.05, 0) is 24.2 Å². The molecular weight excluding hydrogens is 680 g/mol. The highest BCUT2D eigenvalue weighted by atomic mass is 32.3. The maximum atomic E-state index is 8.74. The van der Waals surface area contributed by atoms with Gasteiger partial charge in [-0.15, -0.1) is 8.58 Å². The number of unbranched alkanes of at least 4 members (excludes halogenated alkanes) is 36. The van der Waals surface area contributed by atoms with Crippen LogP contribution in [-0.4, -0.2) is 28.8 Å². The van der Waals surface area contributed by atoms with Gasteiger partial charge in [-0.2, -0.15) is 8.42 Å². The Morgan fingerprint density at radius 1 is 0.327 bits per heavy atom. The van der Waals surface area contributed by atoms with Gasteiger partial charge in [-0.25, -0.2) is 0 Å². The fourth-order valence-corrected chi connectivity index (χ4v) is 9.42. The lowest BCUT2D eigenvalue weighted by atomic mass is 10.0. The summed E-state index contributed by atoms with van der Waals surface area (Å²) in [7, 11) is -3.47. The molecule has 0 aliphatic rings. The van der Waals surface area contributed by atoms with Gasteiger partial charge in [0.2, 0.25) is 0 Å². The summed E-state index contributed by atoms with van der Waals surface area (Å²) in [6, 6.07) is 0. The van der Waals surface area contributed by atoms with Gasteiger partial charge >= 0.3 is 10.4 Å². The van der Waals surface area contributed by atoms with Gasteiger partial charge < -0.3 is 0 Å². The Morgan fingerprint density at radius 2 is 0.462 bits per heavy atom. The Kier molecular flexibility index (Phi) is 47.8. The molecule has 0 radical (unpaired) electrons. The lowest BCUT2D eigenvalue weighted by Crippen LogP contribution is -2.02. The minimum atomic E-state index is -4.67. The second kappa shape index (κ2) is 45.7. The van der Waals surface area contributed by atoms with Gasteiger partial charge in [0, 0.05) is 0 Å². The van der Waals surface area contributed by atoms with Gasteiger partial charge in [0.15, 0.2) is 0 Å². The Labute approximate surface area is 331 Å². The second-order valence-electron chi connectivity index (χ2n) is 16.7. The topological polar surface area (TPSA) is 74.6 Å². The highest BCUT2D eigenvalue weighted by Crippen LogP contribution is 2.32. The van der Waals surface area contributed by atoms with Crippen LogP contribution in [0, 0.1) is 0 Å².